The van der Waals surface area contributed by atoms with Gasteiger partial charge in [-0.25, -0.2) is 9.97 Å². The number of hydrogen-bond donors (Lipinski definition) is 5. The van der Waals surface area contributed by atoms with Crippen molar-refractivity contribution in [2.24, 2.45) is 0 Å². The summed E-state index contributed by atoms with van der Waals surface area (Å²) in [4.78, 5) is 25.3. The summed E-state index contributed by atoms with van der Waals surface area (Å²) < 4.78 is 0. The first-order valence-electron chi connectivity index (χ1n) is 5.46. The molecule has 0 aliphatic heterocycles. The van der Waals surface area contributed by atoms with Gasteiger partial charge in [-0.15, -0.1) is 0 Å². The quantitative estimate of drug-likeness (QED) is 0.430. The number of nitrogens with two attached hydrogens (primary N) is 1. The average molecular weight is 267 g/mol. The van der Waals surface area contributed by atoms with E-state index in [1.807, 2.05) is 0 Å². The molecule has 0 saturated heterocycles. The van der Waals surface area contributed by atoms with Gasteiger partial charge in [0.1, 0.15) is 12.2 Å². The minimum Gasteiger partial charge on any atom is -0.391 e. The Morgan fingerprint density at radius 2 is 2.00 bits per heavy atom. The number of rotatable bonds is 3. The highest BCUT2D eigenvalue weighted by Crippen LogP contribution is 2.17. The number of nitrogens with zero attached hydrogens (tertiary/aromatic N) is 3. The van der Waals surface area contributed by atoms with E-state index in [0.717, 1.165) is 6.20 Å². The van der Waals surface area contributed by atoms with Crippen LogP contribution >= 0.6 is 0 Å². The second-order valence-electron chi connectivity index (χ2n) is 4.09. The Morgan fingerprint density at radius 3 is 2.63 bits per heavy atom. The van der Waals surface area contributed by atoms with Crippen LogP contribution in [0.1, 0.15) is 18.7 Å². The van der Waals surface area contributed by atoms with Crippen molar-refractivity contribution in [2.45, 2.75) is 25.2 Å². The number of H-pyrrole nitrogens is 1. The van der Waals surface area contributed by atoms with Crippen molar-refractivity contribution in [3.63, 3.8) is 0 Å². The summed E-state index contributed by atoms with van der Waals surface area (Å²) in [6, 6.07) is 0. The molecule has 2 aromatic heterocycles. The number of nitrogens with one attached hydrogen (secondary N) is 1. The zero-order chi connectivity index (χ0) is 14.2. The summed E-state index contributed by atoms with van der Waals surface area (Å²) >= 11 is 0. The van der Waals surface area contributed by atoms with Crippen LogP contribution in [0.2, 0.25) is 0 Å². The van der Waals surface area contributed by atoms with Crippen molar-refractivity contribution in [3.05, 3.63) is 22.2 Å². The molecule has 0 aliphatic carbocycles. The largest absolute Gasteiger partial charge is 0.391 e. The maximum atomic E-state index is 11.6. The molecule has 6 N–H and O–H groups in total. The molecule has 2 aromatic rings. The van der Waals surface area contributed by atoms with E-state index in [1.54, 1.807) is 0 Å². The van der Waals surface area contributed by atoms with E-state index in [2.05, 4.69) is 19.9 Å². The van der Waals surface area contributed by atoms with Gasteiger partial charge >= 0.3 is 0 Å². The van der Waals surface area contributed by atoms with Gasteiger partial charge in [-0.3, -0.25) is 9.78 Å². The first-order chi connectivity index (χ1) is 8.90. The SMILES string of the molecule is C[C@@H](O)[C@H](O)[C@H](O)c1cnc2nc(N)[nH]c(=O)c2n1. The minimum absolute atomic E-state index is 0.0312. The topological polar surface area (TPSA) is 158 Å². The summed E-state index contributed by atoms with van der Waals surface area (Å²) in [5.74, 6) is -0.0934. The fourth-order valence-corrected chi connectivity index (χ4v) is 1.53. The Hall–Kier alpha value is -2.10. The van der Waals surface area contributed by atoms with Gasteiger partial charge in [-0.05, 0) is 6.92 Å². The molecule has 0 saturated carbocycles. The predicted octanol–water partition coefficient (Wildman–Crippen LogP) is -1.93. The van der Waals surface area contributed by atoms with Crippen molar-refractivity contribution in [3.8, 4) is 0 Å². The maximum Gasteiger partial charge on any atom is 0.280 e. The number of hydrogen-bond acceptors (Lipinski definition) is 8. The second-order valence-corrected chi connectivity index (χ2v) is 4.09. The third-order valence-electron chi connectivity index (χ3n) is 2.58. The first-order valence-corrected chi connectivity index (χ1v) is 5.46. The molecular formula is C10H13N5O4. The van der Waals surface area contributed by atoms with E-state index in [-0.39, 0.29) is 22.8 Å². The lowest BCUT2D eigenvalue weighted by molar-refractivity contribution is -0.0548. The number of aliphatic hydroxyl groups excluding tert-OH is 3. The molecule has 0 fully saturated rings. The standard InChI is InChI=1S/C10H13N5O4/c1-3(16)6(17)7(18)4-2-12-8-5(13-4)9(19)15-10(11)14-8/h2-3,6-7,16-18H,1H3,(H3,11,12,14,15,19)/t3-,6+,7-/m1/s1. The zero-order valence-corrected chi connectivity index (χ0v) is 9.98. The van der Waals surface area contributed by atoms with Crippen molar-refractivity contribution in [1.82, 2.24) is 19.9 Å². The third-order valence-corrected chi connectivity index (χ3v) is 2.58. The average Bonchev–Trinajstić information content (AvgIpc) is 2.36. The van der Waals surface area contributed by atoms with Gasteiger partial charge in [0.05, 0.1) is 18.0 Å². The van der Waals surface area contributed by atoms with Crippen LogP contribution in [0.5, 0.6) is 0 Å². The summed E-state index contributed by atoms with van der Waals surface area (Å²) in [5.41, 5.74) is 4.63. The molecule has 0 aliphatic rings. The van der Waals surface area contributed by atoms with E-state index in [4.69, 9.17) is 5.73 Å². The maximum absolute atomic E-state index is 11.6. The fourth-order valence-electron chi connectivity index (χ4n) is 1.53. The van der Waals surface area contributed by atoms with E-state index >= 15 is 0 Å². The lowest BCUT2D eigenvalue weighted by Crippen LogP contribution is -2.30. The van der Waals surface area contributed by atoms with Gasteiger partial charge in [-0.2, -0.15) is 4.98 Å². The van der Waals surface area contributed by atoms with Crippen LogP contribution in [0, 0.1) is 0 Å². The van der Waals surface area contributed by atoms with Crippen molar-refractivity contribution >= 4 is 17.1 Å². The highest BCUT2D eigenvalue weighted by molar-refractivity contribution is 5.69. The Labute approximate surface area is 106 Å². The lowest BCUT2D eigenvalue weighted by atomic mass is 10.1. The molecule has 0 radical (unpaired) electrons. The summed E-state index contributed by atoms with van der Waals surface area (Å²) in [7, 11) is 0. The van der Waals surface area contributed by atoms with Crippen LogP contribution in [0.25, 0.3) is 11.2 Å². The molecule has 0 unspecified atom stereocenters. The molecule has 2 heterocycles. The van der Waals surface area contributed by atoms with Crippen molar-refractivity contribution in [2.75, 3.05) is 5.73 Å². The van der Waals surface area contributed by atoms with Crippen LogP contribution in [-0.2, 0) is 0 Å². The first kappa shape index (κ1) is 13.3. The number of aliphatic hydroxyl groups is 3. The van der Waals surface area contributed by atoms with E-state index < -0.39 is 23.9 Å². The van der Waals surface area contributed by atoms with Gasteiger partial charge in [0.25, 0.3) is 5.56 Å². The molecule has 102 valence electrons. The molecular weight excluding hydrogens is 254 g/mol. The smallest absolute Gasteiger partial charge is 0.280 e. The molecule has 0 aromatic carbocycles. The highest BCUT2D eigenvalue weighted by Gasteiger charge is 2.25. The van der Waals surface area contributed by atoms with Crippen LogP contribution in [0.4, 0.5) is 5.95 Å². The summed E-state index contributed by atoms with van der Waals surface area (Å²) in [6.45, 7) is 1.32. The summed E-state index contributed by atoms with van der Waals surface area (Å²) in [5, 5.41) is 28.5. The molecule has 3 atom stereocenters. The van der Waals surface area contributed by atoms with Gasteiger partial charge in [0.15, 0.2) is 11.2 Å². The Morgan fingerprint density at radius 1 is 1.32 bits per heavy atom. The number of aromatic nitrogens is 4. The van der Waals surface area contributed by atoms with Crippen LogP contribution in [-0.4, -0.2) is 47.5 Å². The molecule has 0 bridgehead atoms. The number of fused-ring (bicyclic) bond motifs is 1. The molecule has 9 heteroatoms. The third kappa shape index (κ3) is 2.52. The second kappa shape index (κ2) is 4.88. The normalized spacial score (nSPS) is 16.2. The molecule has 19 heavy (non-hydrogen) atoms. The molecule has 2 rings (SSSR count). The van der Waals surface area contributed by atoms with Gasteiger partial charge in [-0.1, -0.05) is 0 Å². The van der Waals surface area contributed by atoms with E-state index in [9.17, 15) is 20.1 Å². The lowest BCUT2D eigenvalue weighted by Gasteiger charge is -2.19. The van der Waals surface area contributed by atoms with E-state index in [0.29, 0.717) is 0 Å². The van der Waals surface area contributed by atoms with Crippen molar-refractivity contribution < 1.29 is 15.3 Å². The Balaban J connectivity index is 2.50. The van der Waals surface area contributed by atoms with E-state index in [1.165, 1.54) is 6.92 Å². The predicted molar refractivity (Wildman–Crippen MR) is 65.0 cm³/mol. The molecule has 0 amide bonds. The fraction of sp³-hybridized carbons (Fsp3) is 0.400. The van der Waals surface area contributed by atoms with Crippen LogP contribution < -0.4 is 11.3 Å². The number of anilines is 1. The van der Waals surface area contributed by atoms with Gasteiger partial charge < -0.3 is 21.1 Å². The Bertz CT molecular complexity index is 656. The molecule has 9 nitrogen and oxygen atoms in total. The highest BCUT2D eigenvalue weighted by atomic mass is 16.4. The van der Waals surface area contributed by atoms with Gasteiger partial charge in [0, 0.05) is 0 Å². The zero-order valence-electron chi connectivity index (χ0n) is 9.98. The Kier molecular flexibility index (Phi) is 3.42. The number of nitrogen functional groups attached to an aromatic ring is 1. The molecule has 0 spiro atoms. The number of aromatic amines is 1. The van der Waals surface area contributed by atoms with Crippen LogP contribution in [0.3, 0.4) is 0 Å². The van der Waals surface area contributed by atoms with Gasteiger partial charge in [0.2, 0.25) is 5.95 Å². The van der Waals surface area contributed by atoms with Crippen molar-refractivity contribution in [1.29, 1.82) is 0 Å². The minimum atomic E-state index is -1.46. The van der Waals surface area contributed by atoms with Crippen LogP contribution in [0.15, 0.2) is 11.0 Å². The summed E-state index contributed by atoms with van der Waals surface area (Å²) in [6.07, 6.45) is -2.90. The monoisotopic (exact) mass is 267 g/mol.